The quantitative estimate of drug-likeness (QED) is 0.824. The van der Waals surface area contributed by atoms with Crippen molar-refractivity contribution in [2.75, 3.05) is 6.26 Å². The second-order valence-electron chi connectivity index (χ2n) is 4.84. The zero-order chi connectivity index (χ0) is 12.7. The maximum atomic E-state index is 12.0. The van der Waals surface area contributed by atoms with E-state index >= 15 is 0 Å². The fourth-order valence-electron chi connectivity index (χ4n) is 1.80. The fraction of sp³-hybridized carbons (Fsp3) is 0.462. The molecule has 1 heterocycles. The normalized spacial score (nSPS) is 28.8. The molecule has 2 atom stereocenters. The first-order valence-corrected chi connectivity index (χ1v) is 7.92. The summed E-state index contributed by atoms with van der Waals surface area (Å²) in [6, 6.07) is 10.1. The van der Waals surface area contributed by atoms with Crippen LogP contribution in [0.3, 0.4) is 0 Å². The Morgan fingerprint density at radius 1 is 1.18 bits per heavy atom. The molecule has 0 radical (unpaired) electrons. The minimum absolute atomic E-state index is 0.303. The Labute approximate surface area is 109 Å². The van der Waals surface area contributed by atoms with Crippen molar-refractivity contribution in [2.24, 2.45) is 4.99 Å². The molecule has 1 aliphatic heterocycles. The smallest absolute Gasteiger partial charge is 0.118 e. The van der Waals surface area contributed by atoms with Gasteiger partial charge in [-0.2, -0.15) is 0 Å². The molecule has 1 aromatic rings. The van der Waals surface area contributed by atoms with Gasteiger partial charge in [0.1, 0.15) is 4.08 Å². The van der Waals surface area contributed by atoms with E-state index in [2.05, 4.69) is 13.8 Å². The van der Waals surface area contributed by atoms with Crippen LogP contribution in [-0.4, -0.2) is 25.1 Å². The minimum Gasteiger partial charge on any atom is -0.269 e. The highest BCUT2D eigenvalue weighted by Gasteiger charge is 2.51. The molecule has 0 fully saturated rings. The molecule has 0 aromatic heterocycles. The van der Waals surface area contributed by atoms with Gasteiger partial charge in [-0.15, -0.1) is 0 Å². The average molecular weight is 267 g/mol. The second-order valence-corrected chi connectivity index (χ2v) is 8.23. The van der Waals surface area contributed by atoms with E-state index in [-0.39, 0.29) is 9.62 Å². The minimum atomic E-state index is -0.922. The summed E-state index contributed by atoms with van der Waals surface area (Å²) < 4.78 is 11.6. The molecule has 0 saturated heterocycles. The standard InChI is InChI=1S/C13H17NOS2/c1-12(2)13(3,17(4)15)16-11(14-12)10-8-6-5-7-9-10/h5-9H,1-4H3. The van der Waals surface area contributed by atoms with Gasteiger partial charge in [-0.3, -0.25) is 9.20 Å². The van der Waals surface area contributed by atoms with Crippen molar-refractivity contribution in [1.82, 2.24) is 0 Å². The van der Waals surface area contributed by atoms with Crippen LogP contribution >= 0.6 is 11.8 Å². The maximum Gasteiger partial charge on any atom is 0.118 e. The highest BCUT2D eigenvalue weighted by molar-refractivity contribution is 8.23. The lowest BCUT2D eigenvalue weighted by atomic mass is 10.0. The molecule has 1 aromatic carbocycles. The number of rotatable bonds is 2. The van der Waals surface area contributed by atoms with Crippen molar-refractivity contribution in [3.8, 4) is 0 Å². The highest BCUT2D eigenvalue weighted by Crippen LogP contribution is 2.48. The predicted molar refractivity (Wildman–Crippen MR) is 77.1 cm³/mol. The van der Waals surface area contributed by atoms with Gasteiger partial charge >= 0.3 is 0 Å². The molecule has 1 aliphatic rings. The summed E-state index contributed by atoms with van der Waals surface area (Å²) in [4.78, 5) is 4.75. The first-order valence-electron chi connectivity index (χ1n) is 5.55. The molecule has 0 N–H and O–H groups in total. The number of aliphatic imine (C=N–C) groups is 1. The molecular formula is C13H17NOS2. The Morgan fingerprint density at radius 2 is 1.76 bits per heavy atom. The fourth-order valence-corrected chi connectivity index (χ4v) is 4.45. The molecule has 0 aliphatic carbocycles. The molecule has 92 valence electrons. The van der Waals surface area contributed by atoms with E-state index in [9.17, 15) is 4.21 Å². The third kappa shape index (κ3) is 2.08. The molecule has 0 amide bonds. The molecule has 2 unspecified atom stereocenters. The lowest BCUT2D eigenvalue weighted by Crippen LogP contribution is -2.43. The molecule has 4 heteroatoms. The SMILES string of the molecule is CS(=O)C1(C)SC(c2ccccc2)=NC1(C)C. The topological polar surface area (TPSA) is 29.4 Å². The van der Waals surface area contributed by atoms with Crippen LogP contribution in [0.1, 0.15) is 26.3 Å². The van der Waals surface area contributed by atoms with Gasteiger partial charge in [0.05, 0.1) is 10.6 Å². The van der Waals surface area contributed by atoms with E-state index < -0.39 is 10.8 Å². The molecule has 0 spiro atoms. The third-order valence-corrected chi connectivity index (χ3v) is 7.31. The van der Waals surface area contributed by atoms with Gasteiger partial charge in [0, 0.05) is 22.6 Å². The van der Waals surface area contributed by atoms with Crippen molar-refractivity contribution >= 4 is 27.6 Å². The van der Waals surface area contributed by atoms with Crippen LogP contribution in [0.15, 0.2) is 35.3 Å². The first-order chi connectivity index (χ1) is 7.87. The summed E-state index contributed by atoms with van der Waals surface area (Å²) in [6.45, 7) is 6.14. The van der Waals surface area contributed by atoms with E-state index in [0.29, 0.717) is 0 Å². The Morgan fingerprint density at radius 3 is 2.24 bits per heavy atom. The zero-order valence-electron chi connectivity index (χ0n) is 10.6. The van der Waals surface area contributed by atoms with Crippen LogP contribution in [-0.2, 0) is 10.8 Å². The van der Waals surface area contributed by atoms with Gasteiger partial charge in [-0.05, 0) is 20.8 Å². The summed E-state index contributed by atoms with van der Waals surface area (Å²) in [6.07, 6.45) is 1.76. The maximum absolute atomic E-state index is 12.0. The van der Waals surface area contributed by atoms with Gasteiger partial charge in [0.25, 0.3) is 0 Å². The molecule has 2 nitrogen and oxygen atoms in total. The third-order valence-electron chi connectivity index (χ3n) is 3.35. The van der Waals surface area contributed by atoms with Crippen molar-refractivity contribution in [3.05, 3.63) is 35.9 Å². The Bertz CT molecular complexity index is 481. The van der Waals surface area contributed by atoms with Gasteiger partial charge in [-0.1, -0.05) is 42.1 Å². The summed E-state index contributed by atoms with van der Waals surface area (Å²) in [5.74, 6) is 0. The number of nitrogens with zero attached hydrogens (tertiary/aromatic N) is 1. The van der Waals surface area contributed by atoms with E-state index in [1.807, 2.05) is 37.3 Å². The molecule has 2 rings (SSSR count). The van der Waals surface area contributed by atoms with Crippen LogP contribution in [0.25, 0.3) is 0 Å². The van der Waals surface area contributed by atoms with E-state index in [1.54, 1.807) is 18.0 Å². The lowest BCUT2D eigenvalue weighted by molar-refractivity contribution is 0.489. The van der Waals surface area contributed by atoms with E-state index in [1.165, 1.54) is 0 Å². The second kappa shape index (κ2) is 4.25. The lowest BCUT2D eigenvalue weighted by Gasteiger charge is -2.32. The summed E-state index contributed by atoms with van der Waals surface area (Å²) in [5.41, 5.74) is 0.808. The first kappa shape index (κ1) is 12.8. The van der Waals surface area contributed by atoms with E-state index in [0.717, 1.165) is 10.6 Å². The van der Waals surface area contributed by atoms with Gasteiger partial charge in [0.2, 0.25) is 0 Å². The van der Waals surface area contributed by atoms with Crippen LogP contribution in [0.5, 0.6) is 0 Å². The van der Waals surface area contributed by atoms with Gasteiger partial charge in [-0.25, -0.2) is 0 Å². The largest absolute Gasteiger partial charge is 0.269 e. The highest BCUT2D eigenvalue weighted by atomic mass is 32.2. The van der Waals surface area contributed by atoms with Crippen molar-refractivity contribution in [3.63, 3.8) is 0 Å². The van der Waals surface area contributed by atoms with Crippen molar-refractivity contribution in [1.29, 1.82) is 0 Å². The van der Waals surface area contributed by atoms with Crippen LogP contribution in [0.2, 0.25) is 0 Å². The predicted octanol–water partition coefficient (Wildman–Crippen LogP) is 3.05. The Balaban J connectivity index is 2.41. The summed E-state index contributed by atoms with van der Waals surface area (Å²) in [5, 5.41) is 0.994. The Hall–Kier alpha value is -0.610. The monoisotopic (exact) mass is 267 g/mol. The molecular weight excluding hydrogens is 250 g/mol. The van der Waals surface area contributed by atoms with Crippen LogP contribution < -0.4 is 0 Å². The molecule has 0 saturated carbocycles. The van der Waals surface area contributed by atoms with Crippen LogP contribution in [0.4, 0.5) is 0 Å². The number of hydrogen-bond acceptors (Lipinski definition) is 3. The Kier molecular flexibility index (Phi) is 3.21. The van der Waals surface area contributed by atoms with Crippen LogP contribution in [0, 0.1) is 0 Å². The van der Waals surface area contributed by atoms with Crippen molar-refractivity contribution < 1.29 is 4.21 Å². The summed E-state index contributed by atoms with van der Waals surface area (Å²) >= 11 is 1.63. The van der Waals surface area contributed by atoms with Crippen molar-refractivity contribution in [2.45, 2.75) is 30.4 Å². The zero-order valence-corrected chi connectivity index (χ0v) is 12.2. The number of hydrogen-bond donors (Lipinski definition) is 0. The van der Waals surface area contributed by atoms with Gasteiger partial charge in [0.15, 0.2) is 0 Å². The molecule has 17 heavy (non-hydrogen) atoms. The number of thioether (sulfide) groups is 1. The average Bonchev–Trinajstić information content (AvgIpc) is 2.52. The number of benzene rings is 1. The van der Waals surface area contributed by atoms with Gasteiger partial charge < -0.3 is 0 Å². The summed E-state index contributed by atoms with van der Waals surface area (Å²) in [7, 11) is -0.922. The molecule has 0 bridgehead atoms. The van der Waals surface area contributed by atoms with E-state index in [4.69, 9.17) is 4.99 Å².